The lowest BCUT2D eigenvalue weighted by Crippen LogP contribution is -2.54. The summed E-state index contributed by atoms with van der Waals surface area (Å²) in [5, 5.41) is 0. The average Bonchev–Trinajstić information content (AvgIpc) is 3.35. The minimum absolute atomic E-state index is 0.400. The Kier molecular flexibility index (Phi) is 5.63. The van der Waals surface area contributed by atoms with Gasteiger partial charge in [0.25, 0.3) is 0 Å². The SMILES string of the molecule is Cc1ccc([C@H](C)CCN2CCC3(CCC(=O)N(C4CCCC4)C3)CC2)o1. The fourth-order valence-corrected chi connectivity index (χ4v) is 5.49. The highest BCUT2D eigenvalue weighted by Gasteiger charge is 2.43. The second-order valence-electron chi connectivity index (χ2n) is 9.44. The second-order valence-corrected chi connectivity index (χ2v) is 9.44. The van der Waals surface area contributed by atoms with Crippen molar-refractivity contribution >= 4 is 5.91 Å². The van der Waals surface area contributed by atoms with Crippen molar-refractivity contribution in [2.75, 3.05) is 26.2 Å². The van der Waals surface area contributed by atoms with Gasteiger partial charge in [0.2, 0.25) is 5.91 Å². The Morgan fingerprint density at radius 2 is 1.93 bits per heavy atom. The van der Waals surface area contributed by atoms with Crippen molar-refractivity contribution in [1.82, 2.24) is 9.80 Å². The van der Waals surface area contributed by atoms with Crippen molar-refractivity contribution in [3.63, 3.8) is 0 Å². The van der Waals surface area contributed by atoms with Gasteiger partial charge in [-0.25, -0.2) is 0 Å². The lowest BCUT2D eigenvalue weighted by molar-refractivity contribution is -0.142. The molecule has 2 aliphatic heterocycles. The van der Waals surface area contributed by atoms with Crippen LogP contribution in [0.3, 0.4) is 0 Å². The number of carbonyl (C=O) groups is 1. The molecule has 4 nitrogen and oxygen atoms in total. The third-order valence-electron chi connectivity index (χ3n) is 7.50. The highest BCUT2D eigenvalue weighted by Crippen LogP contribution is 2.42. The van der Waals surface area contributed by atoms with Crippen LogP contribution in [0.25, 0.3) is 0 Å². The van der Waals surface area contributed by atoms with Crippen molar-refractivity contribution in [3.05, 3.63) is 23.7 Å². The van der Waals surface area contributed by atoms with E-state index in [9.17, 15) is 4.79 Å². The van der Waals surface area contributed by atoms with Gasteiger partial charge in [-0.2, -0.15) is 0 Å². The van der Waals surface area contributed by atoms with E-state index in [0.717, 1.165) is 43.9 Å². The number of amides is 1. The van der Waals surface area contributed by atoms with Crippen molar-refractivity contribution in [2.45, 2.75) is 83.6 Å². The third kappa shape index (κ3) is 4.26. The van der Waals surface area contributed by atoms with E-state index in [1.54, 1.807) is 0 Å². The predicted octanol–water partition coefficient (Wildman–Crippen LogP) is 4.73. The molecule has 27 heavy (non-hydrogen) atoms. The molecule has 1 saturated carbocycles. The summed E-state index contributed by atoms with van der Waals surface area (Å²) in [7, 11) is 0. The van der Waals surface area contributed by atoms with E-state index in [1.165, 1.54) is 51.6 Å². The maximum Gasteiger partial charge on any atom is 0.222 e. The van der Waals surface area contributed by atoms with E-state index in [4.69, 9.17) is 4.42 Å². The molecule has 3 heterocycles. The second kappa shape index (κ2) is 7.98. The van der Waals surface area contributed by atoms with Gasteiger partial charge in [0, 0.05) is 24.9 Å². The molecule has 0 radical (unpaired) electrons. The van der Waals surface area contributed by atoms with Crippen LogP contribution in [0.5, 0.6) is 0 Å². The Bertz CT molecular complexity index is 639. The molecule has 1 spiro atoms. The summed E-state index contributed by atoms with van der Waals surface area (Å²) in [6.45, 7) is 8.86. The number of piperidine rings is 2. The Labute approximate surface area is 164 Å². The average molecular weight is 373 g/mol. The number of nitrogens with zero attached hydrogens (tertiary/aromatic N) is 2. The molecule has 1 aromatic heterocycles. The number of likely N-dealkylation sites (tertiary alicyclic amines) is 2. The molecule has 150 valence electrons. The minimum atomic E-state index is 0.400. The summed E-state index contributed by atoms with van der Waals surface area (Å²) >= 11 is 0. The van der Waals surface area contributed by atoms with Crippen molar-refractivity contribution in [1.29, 1.82) is 0 Å². The Hall–Kier alpha value is -1.29. The Morgan fingerprint density at radius 3 is 2.59 bits per heavy atom. The molecule has 1 atom stereocenters. The Balaban J connectivity index is 1.27. The fraction of sp³-hybridized carbons (Fsp3) is 0.783. The minimum Gasteiger partial charge on any atom is -0.466 e. The maximum absolute atomic E-state index is 12.5. The van der Waals surface area contributed by atoms with Crippen LogP contribution in [0, 0.1) is 12.3 Å². The van der Waals surface area contributed by atoms with Crippen LogP contribution in [-0.4, -0.2) is 47.9 Å². The van der Waals surface area contributed by atoms with E-state index >= 15 is 0 Å². The fourth-order valence-electron chi connectivity index (χ4n) is 5.49. The highest BCUT2D eigenvalue weighted by molar-refractivity contribution is 5.77. The van der Waals surface area contributed by atoms with Crippen LogP contribution in [0.4, 0.5) is 0 Å². The van der Waals surface area contributed by atoms with Gasteiger partial charge < -0.3 is 14.2 Å². The molecule has 3 fully saturated rings. The van der Waals surface area contributed by atoms with Gasteiger partial charge in [-0.1, -0.05) is 19.8 Å². The van der Waals surface area contributed by atoms with Crippen molar-refractivity contribution in [3.8, 4) is 0 Å². The van der Waals surface area contributed by atoms with E-state index in [0.29, 0.717) is 23.3 Å². The topological polar surface area (TPSA) is 36.7 Å². The standard InChI is InChI=1S/C23H36N2O2/c1-18(21-8-7-19(2)27-21)10-14-24-15-12-23(13-16-24)11-9-22(26)25(17-23)20-5-3-4-6-20/h7-8,18,20H,3-6,9-17H2,1-2H3/t18-/m1/s1. The number of aryl methyl sites for hydroxylation is 1. The normalized spacial score (nSPS) is 25.4. The number of hydrogen-bond donors (Lipinski definition) is 0. The zero-order chi connectivity index (χ0) is 18.9. The molecule has 0 bridgehead atoms. The maximum atomic E-state index is 12.5. The first-order chi connectivity index (χ1) is 13.0. The summed E-state index contributed by atoms with van der Waals surface area (Å²) in [5.74, 6) is 3.05. The van der Waals surface area contributed by atoms with Crippen LogP contribution in [0.15, 0.2) is 16.5 Å². The summed E-state index contributed by atoms with van der Waals surface area (Å²) in [6.07, 6.45) is 10.7. The molecule has 1 amide bonds. The lowest BCUT2D eigenvalue weighted by Gasteiger charge is -2.49. The smallest absolute Gasteiger partial charge is 0.222 e. The Morgan fingerprint density at radius 1 is 1.19 bits per heavy atom. The molecule has 2 saturated heterocycles. The van der Waals surface area contributed by atoms with Crippen molar-refractivity contribution in [2.24, 2.45) is 5.41 Å². The lowest BCUT2D eigenvalue weighted by atomic mass is 9.72. The summed E-state index contributed by atoms with van der Waals surface area (Å²) < 4.78 is 5.79. The molecule has 0 aromatic carbocycles. The third-order valence-corrected chi connectivity index (χ3v) is 7.50. The van der Waals surface area contributed by atoms with Gasteiger partial charge in [-0.05, 0) is 82.6 Å². The van der Waals surface area contributed by atoms with Gasteiger partial charge in [-0.15, -0.1) is 0 Å². The molecule has 0 N–H and O–H groups in total. The van der Waals surface area contributed by atoms with E-state index in [1.807, 2.05) is 6.92 Å². The van der Waals surface area contributed by atoms with Crippen LogP contribution < -0.4 is 0 Å². The number of carbonyl (C=O) groups excluding carboxylic acids is 1. The van der Waals surface area contributed by atoms with Gasteiger partial charge in [0.1, 0.15) is 11.5 Å². The molecule has 1 aliphatic carbocycles. The molecule has 3 aliphatic rings. The molecule has 1 aromatic rings. The molecule has 4 rings (SSSR count). The predicted molar refractivity (Wildman–Crippen MR) is 108 cm³/mol. The zero-order valence-corrected chi connectivity index (χ0v) is 17.2. The monoisotopic (exact) mass is 372 g/mol. The van der Waals surface area contributed by atoms with Crippen LogP contribution in [0.2, 0.25) is 0 Å². The molecule has 0 unspecified atom stereocenters. The number of rotatable bonds is 5. The first-order valence-electron chi connectivity index (χ1n) is 11.1. The number of furan rings is 1. The summed E-state index contributed by atoms with van der Waals surface area (Å²) in [5.41, 5.74) is 0.400. The number of hydrogen-bond acceptors (Lipinski definition) is 3. The van der Waals surface area contributed by atoms with E-state index in [-0.39, 0.29) is 0 Å². The van der Waals surface area contributed by atoms with Crippen LogP contribution >= 0.6 is 0 Å². The van der Waals surface area contributed by atoms with Gasteiger partial charge >= 0.3 is 0 Å². The molecule has 4 heteroatoms. The van der Waals surface area contributed by atoms with Crippen molar-refractivity contribution < 1.29 is 9.21 Å². The first kappa shape index (κ1) is 19.0. The van der Waals surface area contributed by atoms with Gasteiger partial charge in [-0.3, -0.25) is 4.79 Å². The first-order valence-corrected chi connectivity index (χ1v) is 11.1. The quantitative estimate of drug-likeness (QED) is 0.750. The largest absolute Gasteiger partial charge is 0.466 e. The van der Waals surface area contributed by atoms with Gasteiger partial charge in [0.15, 0.2) is 0 Å². The molecular formula is C23H36N2O2. The highest BCUT2D eigenvalue weighted by atomic mass is 16.3. The molecular weight excluding hydrogens is 336 g/mol. The zero-order valence-electron chi connectivity index (χ0n) is 17.2. The van der Waals surface area contributed by atoms with E-state index in [2.05, 4.69) is 28.9 Å². The van der Waals surface area contributed by atoms with E-state index < -0.39 is 0 Å². The van der Waals surface area contributed by atoms with Crippen LogP contribution in [0.1, 0.15) is 82.1 Å². The summed E-state index contributed by atoms with van der Waals surface area (Å²) in [4.78, 5) is 17.4. The van der Waals surface area contributed by atoms with Crippen LogP contribution in [-0.2, 0) is 4.79 Å². The van der Waals surface area contributed by atoms with Gasteiger partial charge in [0.05, 0.1) is 0 Å². The summed E-state index contributed by atoms with van der Waals surface area (Å²) in [6, 6.07) is 4.74.